The predicted molar refractivity (Wildman–Crippen MR) is 118 cm³/mol. The third kappa shape index (κ3) is 4.19. The van der Waals surface area contributed by atoms with Gasteiger partial charge in [0.2, 0.25) is 0 Å². The zero-order chi connectivity index (χ0) is 22.9. The zero-order valence-electron chi connectivity index (χ0n) is 17.5. The highest BCUT2D eigenvalue weighted by Gasteiger charge is 2.25. The molecule has 10 heteroatoms. The monoisotopic (exact) mass is 450 g/mol. The Balaban J connectivity index is 1.44. The SMILES string of the molecule is O=C(O)N1CCc2nc(-c3cncc(F)c3)nc(NCCc3c[nH]c4ccc(F)cc34)c2C1. The Labute approximate surface area is 187 Å². The van der Waals surface area contributed by atoms with Crippen molar-refractivity contribution in [2.45, 2.75) is 19.4 Å². The molecule has 0 atom stereocenters. The molecule has 0 bridgehead atoms. The van der Waals surface area contributed by atoms with Crippen LogP contribution in [0, 0.1) is 11.6 Å². The summed E-state index contributed by atoms with van der Waals surface area (Å²) in [7, 11) is 0. The van der Waals surface area contributed by atoms with Gasteiger partial charge in [-0.3, -0.25) is 4.98 Å². The van der Waals surface area contributed by atoms with Crippen LogP contribution in [0.3, 0.4) is 0 Å². The minimum atomic E-state index is -1.01. The Bertz CT molecular complexity index is 1360. The van der Waals surface area contributed by atoms with E-state index >= 15 is 0 Å². The summed E-state index contributed by atoms with van der Waals surface area (Å²) in [5.41, 5.74) is 3.65. The van der Waals surface area contributed by atoms with Crippen LogP contribution in [0.1, 0.15) is 16.8 Å². The fourth-order valence-electron chi connectivity index (χ4n) is 4.06. The summed E-state index contributed by atoms with van der Waals surface area (Å²) in [5.74, 6) is 0.0210. The van der Waals surface area contributed by atoms with Crippen molar-refractivity contribution in [2.75, 3.05) is 18.4 Å². The van der Waals surface area contributed by atoms with Gasteiger partial charge in [-0.25, -0.2) is 23.5 Å². The van der Waals surface area contributed by atoms with Gasteiger partial charge in [0, 0.05) is 53.9 Å². The van der Waals surface area contributed by atoms with Crippen molar-refractivity contribution < 1.29 is 18.7 Å². The molecule has 1 aromatic carbocycles. The van der Waals surface area contributed by atoms with Gasteiger partial charge >= 0.3 is 6.09 Å². The lowest BCUT2D eigenvalue weighted by Crippen LogP contribution is -2.36. The number of rotatable bonds is 5. The maximum atomic E-state index is 13.7. The second-order valence-corrected chi connectivity index (χ2v) is 7.85. The molecule has 0 fully saturated rings. The third-order valence-corrected chi connectivity index (χ3v) is 5.71. The molecule has 3 N–H and O–H groups in total. The number of aromatic amines is 1. The first-order valence-electron chi connectivity index (χ1n) is 10.5. The number of aromatic nitrogens is 4. The Kier molecular flexibility index (Phi) is 5.33. The van der Waals surface area contributed by atoms with Gasteiger partial charge in [-0.15, -0.1) is 0 Å². The van der Waals surface area contributed by atoms with Crippen molar-refractivity contribution >= 4 is 22.8 Å². The number of anilines is 1. The van der Waals surface area contributed by atoms with E-state index in [1.807, 2.05) is 6.20 Å². The van der Waals surface area contributed by atoms with Crippen molar-refractivity contribution in [2.24, 2.45) is 0 Å². The first kappa shape index (κ1) is 20.8. The van der Waals surface area contributed by atoms with Crippen LogP contribution in [0.4, 0.5) is 19.4 Å². The van der Waals surface area contributed by atoms with Crippen LogP contribution in [0.2, 0.25) is 0 Å². The second-order valence-electron chi connectivity index (χ2n) is 7.85. The smallest absolute Gasteiger partial charge is 0.407 e. The number of hydrogen-bond acceptors (Lipinski definition) is 5. The summed E-state index contributed by atoms with van der Waals surface area (Å²) < 4.78 is 27.4. The maximum absolute atomic E-state index is 13.7. The van der Waals surface area contributed by atoms with Gasteiger partial charge in [-0.05, 0) is 36.2 Å². The summed E-state index contributed by atoms with van der Waals surface area (Å²) in [5, 5.41) is 13.5. The van der Waals surface area contributed by atoms with Gasteiger partial charge in [0.05, 0.1) is 18.4 Å². The van der Waals surface area contributed by atoms with Crippen LogP contribution >= 0.6 is 0 Å². The van der Waals surface area contributed by atoms with E-state index in [1.165, 1.54) is 29.3 Å². The Hall–Kier alpha value is -4.08. The molecule has 0 spiro atoms. The minimum absolute atomic E-state index is 0.160. The number of carboxylic acid groups (broad SMARTS) is 1. The first-order valence-corrected chi connectivity index (χ1v) is 10.5. The zero-order valence-corrected chi connectivity index (χ0v) is 17.5. The average Bonchev–Trinajstić information content (AvgIpc) is 3.20. The third-order valence-electron chi connectivity index (χ3n) is 5.71. The topological polar surface area (TPSA) is 107 Å². The van der Waals surface area contributed by atoms with Crippen molar-refractivity contribution in [1.29, 1.82) is 0 Å². The minimum Gasteiger partial charge on any atom is -0.465 e. The quantitative estimate of drug-likeness (QED) is 0.425. The highest BCUT2D eigenvalue weighted by atomic mass is 19.1. The normalized spacial score (nSPS) is 13.2. The summed E-state index contributed by atoms with van der Waals surface area (Å²) in [6, 6.07) is 5.91. The summed E-state index contributed by atoms with van der Waals surface area (Å²) in [6.45, 7) is 0.953. The molecule has 33 heavy (non-hydrogen) atoms. The molecule has 0 radical (unpaired) electrons. The number of nitrogens with one attached hydrogen (secondary N) is 2. The molecule has 0 saturated carbocycles. The molecule has 168 valence electrons. The number of fused-ring (bicyclic) bond motifs is 2. The molecule has 1 aliphatic heterocycles. The van der Waals surface area contributed by atoms with E-state index in [1.54, 1.807) is 6.07 Å². The number of pyridine rings is 1. The number of amides is 1. The lowest BCUT2D eigenvalue weighted by molar-refractivity contribution is 0.139. The highest BCUT2D eigenvalue weighted by Crippen LogP contribution is 2.28. The Morgan fingerprint density at radius 3 is 2.88 bits per heavy atom. The molecule has 8 nitrogen and oxygen atoms in total. The molecule has 5 rings (SSSR count). The lowest BCUT2D eigenvalue weighted by atomic mass is 10.1. The Morgan fingerprint density at radius 2 is 2.06 bits per heavy atom. The summed E-state index contributed by atoms with van der Waals surface area (Å²) >= 11 is 0. The van der Waals surface area contributed by atoms with Gasteiger partial charge in [0.1, 0.15) is 17.5 Å². The average molecular weight is 450 g/mol. The van der Waals surface area contributed by atoms with Crippen LogP contribution in [0.25, 0.3) is 22.3 Å². The Morgan fingerprint density at radius 1 is 1.18 bits per heavy atom. The van der Waals surface area contributed by atoms with E-state index in [2.05, 4.69) is 25.3 Å². The molecule has 0 unspecified atom stereocenters. The fourth-order valence-corrected chi connectivity index (χ4v) is 4.06. The standard InChI is InChI=1S/C23H20F2N6O2/c24-15-1-2-19-17(8-15)13(10-28-19)3-5-27-22-18-12-31(23(32)33)6-4-20(18)29-21(30-22)14-7-16(25)11-26-9-14/h1-2,7-11,28H,3-6,12H2,(H,32,33)(H,27,29,30). The molecular formula is C23H20F2N6O2. The molecule has 4 heterocycles. The van der Waals surface area contributed by atoms with Crippen LogP contribution < -0.4 is 5.32 Å². The van der Waals surface area contributed by atoms with Crippen LogP contribution in [0.15, 0.2) is 42.9 Å². The molecule has 1 amide bonds. The second kappa shape index (κ2) is 8.45. The molecule has 1 aliphatic rings. The van der Waals surface area contributed by atoms with Gasteiger partial charge in [-0.2, -0.15) is 0 Å². The number of hydrogen-bond donors (Lipinski definition) is 3. The largest absolute Gasteiger partial charge is 0.465 e. The number of benzene rings is 1. The molecular weight excluding hydrogens is 430 g/mol. The van der Waals surface area contributed by atoms with E-state index in [9.17, 15) is 18.7 Å². The lowest BCUT2D eigenvalue weighted by Gasteiger charge is -2.27. The van der Waals surface area contributed by atoms with Gasteiger partial charge in [-0.1, -0.05) is 0 Å². The predicted octanol–water partition coefficient (Wildman–Crippen LogP) is 3.99. The van der Waals surface area contributed by atoms with Crippen molar-refractivity contribution in [1.82, 2.24) is 24.8 Å². The number of H-pyrrole nitrogens is 1. The first-order chi connectivity index (χ1) is 16.0. The van der Waals surface area contributed by atoms with Gasteiger partial charge in [0.15, 0.2) is 5.82 Å². The van der Waals surface area contributed by atoms with Crippen molar-refractivity contribution in [3.63, 3.8) is 0 Å². The van der Waals surface area contributed by atoms with Gasteiger partial charge < -0.3 is 20.3 Å². The summed E-state index contributed by atoms with van der Waals surface area (Å²) in [4.78, 5) is 29.0. The summed E-state index contributed by atoms with van der Waals surface area (Å²) in [6.07, 6.45) is 4.44. The van der Waals surface area contributed by atoms with E-state index in [4.69, 9.17) is 0 Å². The highest BCUT2D eigenvalue weighted by molar-refractivity contribution is 5.83. The molecule has 4 aromatic rings. The van der Waals surface area contributed by atoms with Crippen molar-refractivity contribution in [3.05, 3.63) is 71.3 Å². The van der Waals surface area contributed by atoms with Crippen molar-refractivity contribution in [3.8, 4) is 11.4 Å². The molecule has 0 aliphatic carbocycles. The van der Waals surface area contributed by atoms with E-state index in [-0.39, 0.29) is 12.4 Å². The van der Waals surface area contributed by atoms with E-state index < -0.39 is 11.9 Å². The van der Waals surface area contributed by atoms with E-state index in [0.29, 0.717) is 48.7 Å². The molecule has 0 saturated heterocycles. The number of carbonyl (C=O) groups is 1. The molecule has 3 aromatic heterocycles. The van der Waals surface area contributed by atoms with Crippen LogP contribution in [-0.2, 0) is 19.4 Å². The fraction of sp³-hybridized carbons (Fsp3) is 0.217. The number of halogens is 2. The maximum Gasteiger partial charge on any atom is 0.407 e. The van der Waals surface area contributed by atoms with Crippen LogP contribution in [-0.4, -0.2) is 49.1 Å². The van der Waals surface area contributed by atoms with Gasteiger partial charge in [0.25, 0.3) is 0 Å². The van der Waals surface area contributed by atoms with Crippen LogP contribution in [0.5, 0.6) is 0 Å². The number of nitrogens with zero attached hydrogens (tertiary/aromatic N) is 4. The van der Waals surface area contributed by atoms with E-state index in [0.717, 1.165) is 28.4 Å².